The Kier molecular flexibility index (Phi) is 5.45. The molecule has 4 heteroatoms. The molecule has 0 aliphatic carbocycles. The molecule has 0 fully saturated rings. The highest BCUT2D eigenvalue weighted by Crippen LogP contribution is 2.27. The minimum absolute atomic E-state index is 0.0271. The van der Waals surface area contributed by atoms with Crippen LogP contribution in [0.25, 0.3) is 0 Å². The van der Waals surface area contributed by atoms with Crippen molar-refractivity contribution in [1.82, 2.24) is 0 Å². The number of nitrogens with two attached hydrogens (primary N) is 1. The summed E-state index contributed by atoms with van der Waals surface area (Å²) in [7, 11) is 0. The van der Waals surface area contributed by atoms with Gasteiger partial charge in [-0.05, 0) is 45.4 Å². The highest BCUT2D eigenvalue weighted by atomic mass is 35.5. The van der Waals surface area contributed by atoms with Gasteiger partial charge in [-0.2, -0.15) is 0 Å². The van der Waals surface area contributed by atoms with E-state index in [1.54, 1.807) is 0 Å². The summed E-state index contributed by atoms with van der Waals surface area (Å²) < 4.78 is 11.1. The summed E-state index contributed by atoms with van der Waals surface area (Å²) in [5.74, 6) is 0.665. The van der Waals surface area contributed by atoms with E-state index in [0.29, 0.717) is 24.0 Å². The number of benzene rings is 1. The Balaban J connectivity index is 2.48. The van der Waals surface area contributed by atoms with Gasteiger partial charge in [-0.3, -0.25) is 0 Å². The maximum atomic E-state index is 6.12. The van der Waals surface area contributed by atoms with Gasteiger partial charge < -0.3 is 15.2 Å². The first-order valence-electron chi connectivity index (χ1n) is 6.11. The smallest absolute Gasteiger partial charge is 0.138 e. The maximum Gasteiger partial charge on any atom is 0.138 e. The summed E-state index contributed by atoms with van der Waals surface area (Å²) in [6.07, 6.45) is 0. The molecule has 1 aromatic carbocycles. The summed E-state index contributed by atoms with van der Waals surface area (Å²) in [5, 5.41) is 0.584. The van der Waals surface area contributed by atoms with E-state index in [0.717, 1.165) is 5.56 Å². The molecule has 0 bridgehead atoms. The van der Waals surface area contributed by atoms with Crippen LogP contribution in [0.3, 0.4) is 0 Å². The highest BCUT2D eigenvalue weighted by Gasteiger charge is 2.10. The number of hydrogen-bond donors (Lipinski definition) is 1. The summed E-state index contributed by atoms with van der Waals surface area (Å²) in [6.45, 7) is 8.97. The molecule has 0 amide bonds. The zero-order valence-corrected chi connectivity index (χ0v) is 12.3. The van der Waals surface area contributed by atoms with Gasteiger partial charge in [0.25, 0.3) is 0 Å². The van der Waals surface area contributed by atoms with Gasteiger partial charge in [0, 0.05) is 6.04 Å². The minimum Gasteiger partial charge on any atom is -0.490 e. The van der Waals surface area contributed by atoms with E-state index in [1.165, 1.54) is 0 Å². The van der Waals surface area contributed by atoms with Crippen LogP contribution < -0.4 is 10.5 Å². The third kappa shape index (κ3) is 5.25. The number of halogens is 1. The first-order valence-corrected chi connectivity index (χ1v) is 6.49. The average molecular weight is 272 g/mol. The third-order valence-corrected chi connectivity index (χ3v) is 2.65. The van der Waals surface area contributed by atoms with Gasteiger partial charge >= 0.3 is 0 Å². The molecule has 2 N–H and O–H groups in total. The third-order valence-electron chi connectivity index (χ3n) is 2.36. The fraction of sp³-hybridized carbons (Fsp3) is 0.571. The molecule has 0 saturated carbocycles. The second kappa shape index (κ2) is 6.41. The fourth-order valence-electron chi connectivity index (χ4n) is 1.42. The van der Waals surface area contributed by atoms with Crippen molar-refractivity contribution in [3.05, 3.63) is 28.8 Å². The van der Waals surface area contributed by atoms with Crippen molar-refractivity contribution >= 4 is 11.6 Å². The number of ether oxygens (including phenoxy) is 2. The summed E-state index contributed by atoms with van der Waals surface area (Å²) in [4.78, 5) is 0. The predicted octanol–water partition coefficient (Wildman–Crippen LogP) is 3.55. The molecular formula is C14H22ClNO2. The Morgan fingerprint density at radius 1 is 1.28 bits per heavy atom. The molecule has 0 spiro atoms. The minimum atomic E-state index is -0.147. The van der Waals surface area contributed by atoms with Crippen molar-refractivity contribution in [3.63, 3.8) is 0 Å². The SMILES string of the molecule is CC(N)c1ccc(OCCOC(C)(C)C)c(Cl)c1. The second-order valence-electron chi connectivity index (χ2n) is 5.29. The van der Waals surface area contributed by atoms with Gasteiger partial charge in [0.05, 0.1) is 17.2 Å². The average Bonchev–Trinajstić information content (AvgIpc) is 2.24. The largest absolute Gasteiger partial charge is 0.490 e. The maximum absolute atomic E-state index is 6.12. The van der Waals surface area contributed by atoms with Crippen LogP contribution in [-0.4, -0.2) is 18.8 Å². The quantitative estimate of drug-likeness (QED) is 0.833. The molecule has 1 atom stereocenters. The molecule has 3 nitrogen and oxygen atoms in total. The topological polar surface area (TPSA) is 44.5 Å². The van der Waals surface area contributed by atoms with Crippen molar-refractivity contribution in [2.24, 2.45) is 5.73 Å². The van der Waals surface area contributed by atoms with E-state index in [4.69, 9.17) is 26.8 Å². The predicted molar refractivity (Wildman–Crippen MR) is 75.3 cm³/mol. The van der Waals surface area contributed by atoms with Crippen LogP contribution >= 0.6 is 11.6 Å². The van der Waals surface area contributed by atoms with Gasteiger partial charge in [0.2, 0.25) is 0 Å². The molecule has 0 heterocycles. The van der Waals surface area contributed by atoms with E-state index >= 15 is 0 Å². The van der Waals surface area contributed by atoms with Crippen molar-refractivity contribution < 1.29 is 9.47 Å². The van der Waals surface area contributed by atoms with Gasteiger partial charge in [-0.1, -0.05) is 17.7 Å². The molecule has 0 aliphatic heterocycles. The molecule has 102 valence electrons. The van der Waals surface area contributed by atoms with Crippen LogP contribution in [-0.2, 0) is 4.74 Å². The Morgan fingerprint density at radius 2 is 1.94 bits per heavy atom. The van der Waals surface area contributed by atoms with E-state index in [1.807, 2.05) is 45.9 Å². The number of hydrogen-bond acceptors (Lipinski definition) is 3. The normalized spacial score (nSPS) is 13.4. The molecule has 0 saturated heterocycles. The zero-order chi connectivity index (χ0) is 13.8. The molecule has 18 heavy (non-hydrogen) atoms. The van der Waals surface area contributed by atoms with Crippen molar-refractivity contribution in [2.45, 2.75) is 39.3 Å². The van der Waals surface area contributed by atoms with E-state index < -0.39 is 0 Å². The fourth-order valence-corrected chi connectivity index (χ4v) is 1.66. The highest BCUT2D eigenvalue weighted by molar-refractivity contribution is 6.32. The summed E-state index contributed by atoms with van der Waals surface area (Å²) >= 11 is 6.12. The zero-order valence-electron chi connectivity index (χ0n) is 11.5. The van der Waals surface area contributed by atoms with Gasteiger partial charge in [0.1, 0.15) is 12.4 Å². The van der Waals surface area contributed by atoms with Crippen LogP contribution in [0.4, 0.5) is 0 Å². The Hall–Kier alpha value is -0.770. The molecule has 0 aromatic heterocycles. The monoisotopic (exact) mass is 271 g/mol. The summed E-state index contributed by atoms with van der Waals surface area (Å²) in [6, 6.07) is 5.58. The van der Waals surface area contributed by atoms with E-state index in [9.17, 15) is 0 Å². The second-order valence-corrected chi connectivity index (χ2v) is 5.70. The Morgan fingerprint density at radius 3 is 2.44 bits per heavy atom. The lowest BCUT2D eigenvalue weighted by atomic mass is 10.1. The first kappa shape index (κ1) is 15.3. The van der Waals surface area contributed by atoms with E-state index in [-0.39, 0.29) is 11.6 Å². The van der Waals surface area contributed by atoms with Crippen LogP contribution in [0.5, 0.6) is 5.75 Å². The lowest BCUT2D eigenvalue weighted by Crippen LogP contribution is -2.22. The van der Waals surface area contributed by atoms with Crippen LogP contribution in [0.2, 0.25) is 5.02 Å². The molecule has 1 unspecified atom stereocenters. The van der Waals surface area contributed by atoms with Gasteiger partial charge in [-0.25, -0.2) is 0 Å². The molecule has 0 radical (unpaired) electrons. The van der Waals surface area contributed by atoms with E-state index in [2.05, 4.69) is 0 Å². The van der Waals surface area contributed by atoms with Crippen LogP contribution in [0, 0.1) is 0 Å². The molecule has 0 aliphatic rings. The lowest BCUT2D eigenvalue weighted by Gasteiger charge is -2.19. The summed E-state index contributed by atoms with van der Waals surface area (Å²) in [5.41, 5.74) is 6.63. The van der Waals surface area contributed by atoms with Crippen LogP contribution in [0.1, 0.15) is 39.3 Å². The Bertz CT molecular complexity index is 386. The molecule has 1 rings (SSSR count). The van der Waals surface area contributed by atoms with Gasteiger partial charge in [0.15, 0.2) is 0 Å². The van der Waals surface area contributed by atoms with Crippen molar-refractivity contribution in [2.75, 3.05) is 13.2 Å². The van der Waals surface area contributed by atoms with Gasteiger partial charge in [-0.15, -0.1) is 0 Å². The van der Waals surface area contributed by atoms with Crippen molar-refractivity contribution in [3.8, 4) is 5.75 Å². The van der Waals surface area contributed by atoms with Crippen LogP contribution in [0.15, 0.2) is 18.2 Å². The molecule has 1 aromatic rings. The number of rotatable bonds is 5. The molecular weight excluding hydrogens is 250 g/mol. The van der Waals surface area contributed by atoms with Crippen molar-refractivity contribution in [1.29, 1.82) is 0 Å². The first-order chi connectivity index (χ1) is 8.29. The Labute approximate surface area is 114 Å². The standard InChI is InChI=1S/C14H22ClNO2/c1-10(16)11-5-6-13(12(15)9-11)17-7-8-18-14(2,3)4/h5-6,9-10H,7-8,16H2,1-4H3. The lowest BCUT2D eigenvalue weighted by molar-refractivity contribution is -0.0162.